The molecule has 0 aliphatic rings. The predicted molar refractivity (Wildman–Crippen MR) is 56.2 cm³/mol. The van der Waals surface area contributed by atoms with Gasteiger partial charge in [-0.1, -0.05) is 6.92 Å². The predicted octanol–water partition coefficient (Wildman–Crippen LogP) is 0.362. The highest BCUT2D eigenvalue weighted by molar-refractivity contribution is 7.89. The molecule has 0 aromatic carbocycles. The molecule has 0 aliphatic carbocycles. The highest BCUT2D eigenvalue weighted by Gasteiger charge is 2.24. The van der Waals surface area contributed by atoms with Crippen molar-refractivity contribution < 1.29 is 22.7 Å². The van der Waals surface area contributed by atoms with Crippen molar-refractivity contribution in [2.45, 2.75) is 24.3 Å². The Labute approximate surface area is 97.5 Å². The molecule has 0 unspecified atom stereocenters. The number of rotatable bonds is 5. The van der Waals surface area contributed by atoms with Crippen LogP contribution in [0.3, 0.4) is 0 Å². The molecule has 0 amide bonds. The van der Waals surface area contributed by atoms with E-state index in [1.807, 2.05) is 4.72 Å². The van der Waals surface area contributed by atoms with Crippen molar-refractivity contribution in [2.24, 2.45) is 0 Å². The fraction of sp³-hybridized carbons (Fsp3) is 0.333. The number of carboxylic acids is 1. The first-order valence-corrected chi connectivity index (χ1v) is 6.21. The van der Waals surface area contributed by atoms with Crippen molar-refractivity contribution in [1.29, 1.82) is 0 Å². The lowest BCUT2D eigenvalue weighted by Crippen LogP contribution is -2.40. The third-order valence-corrected chi connectivity index (χ3v) is 3.43. The number of aliphatic carboxylic acids is 1. The maximum atomic E-state index is 12.8. The molecule has 0 fully saturated rings. The number of pyridine rings is 1. The highest BCUT2D eigenvalue weighted by atomic mass is 32.2. The van der Waals surface area contributed by atoms with Gasteiger partial charge in [-0.3, -0.25) is 9.78 Å². The number of hydrogen-bond acceptors (Lipinski definition) is 4. The van der Waals surface area contributed by atoms with Crippen LogP contribution in [0.5, 0.6) is 0 Å². The topological polar surface area (TPSA) is 96.4 Å². The molecule has 0 aliphatic heterocycles. The molecule has 17 heavy (non-hydrogen) atoms. The smallest absolute Gasteiger partial charge is 0.321 e. The van der Waals surface area contributed by atoms with Crippen molar-refractivity contribution in [3.63, 3.8) is 0 Å². The second-order valence-corrected chi connectivity index (χ2v) is 4.97. The third kappa shape index (κ3) is 3.46. The minimum absolute atomic E-state index is 0.0807. The molecule has 1 aromatic rings. The van der Waals surface area contributed by atoms with Crippen LogP contribution in [-0.4, -0.2) is 30.5 Å². The summed E-state index contributed by atoms with van der Waals surface area (Å²) in [6.45, 7) is 1.52. The van der Waals surface area contributed by atoms with E-state index in [9.17, 15) is 17.6 Å². The van der Waals surface area contributed by atoms with Crippen LogP contribution in [0.2, 0.25) is 0 Å². The lowest BCUT2D eigenvalue weighted by atomic mass is 10.2. The van der Waals surface area contributed by atoms with Gasteiger partial charge in [-0.05, 0) is 12.5 Å². The van der Waals surface area contributed by atoms with Crippen LogP contribution < -0.4 is 4.72 Å². The van der Waals surface area contributed by atoms with Crippen molar-refractivity contribution in [3.05, 3.63) is 24.3 Å². The molecular formula is C9H11FN2O4S. The van der Waals surface area contributed by atoms with Crippen molar-refractivity contribution in [2.75, 3.05) is 0 Å². The van der Waals surface area contributed by atoms with Crippen LogP contribution >= 0.6 is 0 Å². The van der Waals surface area contributed by atoms with Gasteiger partial charge in [0.05, 0.1) is 6.20 Å². The summed E-state index contributed by atoms with van der Waals surface area (Å²) >= 11 is 0. The van der Waals surface area contributed by atoms with Crippen molar-refractivity contribution in [1.82, 2.24) is 9.71 Å². The van der Waals surface area contributed by atoms with E-state index >= 15 is 0 Å². The summed E-state index contributed by atoms with van der Waals surface area (Å²) < 4.78 is 38.1. The average Bonchev–Trinajstić information content (AvgIpc) is 2.25. The van der Waals surface area contributed by atoms with Gasteiger partial charge in [-0.2, -0.15) is 4.72 Å². The van der Waals surface area contributed by atoms with E-state index < -0.39 is 32.7 Å². The third-order valence-electron chi connectivity index (χ3n) is 1.99. The Bertz CT molecular complexity index is 517. The van der Waals surface area contributed by atoms with Gasteiger partial charge >= 0.3 is 5.97 Å². The molecule has 0 saturated carbocycles. The van der Waals surface area contributed by atoms with E-state index in [-0.39, 0.29) is 6.42 Å². The van der Waals surface area contributed by atoms with Gasteiger partial charge in [0.2, 0.25) is 10.0 Å². The molecule has 0 spiro atoms. The Hall–Kier alpha value is -1.54. The first-order chi connectivity index (χ1) is 7.86. The van der Waals surface area contributed by atoms with Crippen LogP contribution in [0.1, 0.15) is 13.3 Å². The summed E-state index contributed by atoms with van der Waals surface area (Å²) in [4.78, 5) is 13.7. The summed E-state index contributed by atoms with van der Waals surface area (Å²) in [5.74, 6) is -2.10. The Morgan fingerprint density at radius 2 is 2.24 bits per heavy atom. The van der Waals surface area contributed by atoms with E-state index in [4.69, 9.17) is 5.11 Å². The maximum absolute atomic E-state index is 12.8. The molecule has 0 radical (unpaired) electrons. The molecule has 1 atom stereocenters. The van der Waals surface area contributed by atoms with E-state index in [1.54, 1.807) is 0 Å². The molecule has 1 heterocycles. The molecule has 1 rings (SSSR count). The molecule has 8 heteroatoms. The number of halogens is 1. The van der Waals surface area contributed by atoms with E-state index in [0.29, 0.717) is 0 Å². The average molecular weight is 262 g/mol. The minimum atomic E-state index is -4.07. The molecule has 94 valence electrons. The summed E-state index contributed by atoms with van der Waals surface area (Å²) in [5.41, 5.74) is 0. The van der Waals surface area contributed by atoms with Crippen molar-refractivity contribution in [3.8, 4) is 0 Å². The molecule has 0 bridgehead atoms. The highest BCUT2D eigenvalue weighted by Crippen LogP contribution is 2.09. The monoisotopic (exact) mass is 262 g/mol. The van der Waals surface area contributed by atoms with Crippen molar-refractivity contribution >= 4 is 16.0 Å². The number of aromatic nitrogens is 1. The maximum Gasteiger partial charge on any atom is 0.321 e. The SMILES string of the molecule is CC[C@H](NS(=O)(=O)c1cncc(F)c1)C(=O)O. The Morgan fingerprint density at radius 1 is 1.59 bits per heavy atom. The van der Waals surface area contributed by atoms with Crippen LogP contribution in [-0.2, 0) is 14.8 Å². The zero-order chi connectivity index (χ0) is 13.1. The van der Waals surface area contributed by atoms with Crippen LogP contribution in [0.25, 0.3) is 0 Å². The molecule has 2 N–H and O–H groups in total. The van der Waals surface area contributed by atoms with Crippen LogP contribution in [0.4, 0.5) is 4.39 Å². The first kappa shape index (κ1) is 13.5. The first-order valence-electron chi connectivity index (χ1n) is 4.72. The van der Waals surface area contributed by atoms with Crippen LogP contribution in [0, 0.1) is 5.82 Å². The summed E-state index contributed by atoms with van der Waals surface area (Å²) in [6, 6.07) is -0.479. The zero-order valence-corrected chi connectivity index (χ0v) is 9.74. The normalized spacial score (nSPS) is 13.3. The summed E-state index contributed by atoms with van der Waals surface area (Å²) in [5, 5.41) is 8.72. The van der Waals surface area contributed by atoms with E-state index in [0.717, 1.165) is 18.5 Å². The Kier molecular flexibility index (Phi) is 4.13. The number of nitrogens with zero attached hydrogens (tertiary/aromatic N) is 1. The lowest BCUT2D eigenvalue weighted by Gasteiger charge is -2.12. The number of carbonyl (C=O) groups is 1. The molecule has 1 aromatic heterocycles. The largest absolute Gasteiger partial charge is 0.480 e. The van der Waals surface area contributed by atoms with Gasteiger partial charge in [0.15, 0.2) is 0 Å². The number of carboxylic acid groups (broad SMARTS) is 1. The van der Waals surface area contributed by atoms with Gasteiger partial charge in [0.25, 0.3) is 0 Å². The number of hydrogen-bond donors (Lipinski definition) is 2. The second-order valence-electron chi connectivity index (χ2n) is 3.26. The van der Waals surface area contributed by atoms with E-state index in [2.05, 4.69) is 4.98 Å². The fourth-order valence-corrected chi connectivity index (χ4v) is 2.35. The molecule has 0 saturated heterocycles. The molecular weight excluding hydrogens is 251 g/mol. The standard InChI is InChI=1S/C9H11FN2O4S/c1-2-8(9(13)14)12-17(15,16)7-3-6(10)4-11-5-7/h3-5,8,12H,2H2,1H3,(H,13,14)/t8-/m0/s1. The Morgan fingerprint density at radius 3 is 2.71 bits per heavy atom. The number of nitrogens with one attached hydrogen (secondary N) is 1. The van der Waals surface area contributed by atoms with Gasteiger partial charge in [-0.15, -0.1) is 0 Å². The van der Waals surface area contributed by atoms with Crippen LogP contribution in [0.15, 0.2) is 23.4 Å². The second kappa shape index (κ2) is 5.19. The molecule has 6 nitrogen and oxygen atoms in total. The van der Waals surface area contributed by atoms with E-state index in [1.165, 1.54) is 6.92 Å². The fourth-order valence-electron chi connectivity index (χ4n) is 1.10. The van der Waals surface area contributed by atoms with Gasteiger partial charge in [0, 0.05) is 6.20 Å². The van der Waals surface area contributed by atoms with Gasteiger partial charge in [-0.25, -0.2) is 12.8 Å². The van der Waals surface area contributed by atoms with Gasteiger partial charge < -0.3 is 5.11 Å². The minimum Gasteiger partial charge on any atom is -0.480 e. The lowest BCUT2D eigenvalue weighted by molar-refractivity contribution is -0.139. The zero-order valence-electron chi connectivity index (χ0n) is 8.92. The number of sulfonamides is 1. The van der Waals surface area contributed by atoms with Gasteiger partial charge in [0.1, 0.15) is 16.8 Å². The summed E-state index contributed by atoms with van der Waals surface area (Å²) in [6.07, 6.45) is 1.88. The Balaban J connectivity index is 3.00. The quantitative estimate of drug-likeness (QED) is 0.798. The summed E-state index contributed by atoms with van der Waals surface area (Å²) in [7, 11) is -4.07.